The minimum Gasteiger partial charge on any atom is -0.493 e. The van der Waals surface area contributed by atoms with Crippen LogP contribution in [0.25, 0.3) is 5.69 Å². The number of nitrogens with zero attached hydrogens (tertiary/aromatic N) is 1. The first-order chi connectivity index (χ1) is 9.97. The van der Waals surface area contributed by atoms with E-state index in [1.807, 2.05) is 0 Å². The molecule has 0 aliphatic carbocycles. The van der Waals surface area contributed by atoms with Gasteiger partial charge < -0.3 is 14.0 Å². The molecule has 0 unspecified atom stereocenters. The molecular weight excluding hydrogens is 294 g/mol. The molecule has 0 amide bonds. The van der Waals surface area contributed by atoms with E-state index in [2.05, 4.69) is 0 Å². The van der Waals surface area contributed by atoms with E-state index in [-0.39, 0.29) is 5.56 Å². The number of hydrogen-bond acceptors (Lipinski definition) is 4. The summed E-state index contributed by atoms with van der Waals surface area (Å²) in [7, 11) is 3.08. The highest BCUT2D eigenvalue weighted by Crippen LogP contribution is 2.29. The van der Waals surface area contributed by atoms with Crippen LogP contribution in [-0.2, 0) is 0 Å². The Labute approximate surface area is 126 Å². The van der Waals surface area contributed by atoms with Gasteiger partial charge in [0.15, 0.2) is 16.9 Å². The zero-order valence-corrected chi connectivity index (χ0v) is 12.6. The summed E-state index contributed by atoms with van der Waals surface area (Å²) in [5.41, 5.74) is 0.930. The van der Waals surface area contributed by atoms with Gasteiger partial charge in [-0.15, -0.1) is 0 Å². The smallest absolute Gasteiger partial charge is 0.257 e. The monoisotopic (exact) mass is 307 g/mol. The Hall–Kier alpha value is -2.27. The van der Waals surface area contributed by atoms with Crippen molar-refractivity contribution in [1.82, 2.24) is 4.57 Å². The summed E-state index contributed by atoms with van der Waals surface area (Å²) in [6.45, 7) is 1.76. The van der Waals surface area contributed by atoms with Crippen LogP contribution in [0.2, 0.25) is 0 Å². The van der Waals surface area contributed by atoms with Gasteiger partial charge in [-0.25, -0.2) is 0 Å². The second-order valence-corrected chi connectivity index (χ2v) is 4.72. The fraction of sp³-hybridized carbons (Fsp3) is 0.200. The van der Waals surface area contributed by atoms with Gasteiger partial charge in [-0.2, -0.15) is 0 Å². The summed E-state index contributed by atoms with van der Waals surface area (Å²) in [6, 6.07) is 6.65. The highest BCUT2D eigenvalue weighted by molar-refractivity contribution is 6.67. The molecule has 0 aliphatic heterocycles. The summed E-state index contributed by atoms with van der Waals surface area (Å²) in [6.07, 6.45) is 1.42. The molecule has 2 aromatic rings. The van der Waals surface area contributed by atoms with E-state index in [4.69, 9.17) is 21.1 Å². The topological polar surface area (TPSA) is 57.5 Å². The van der Waals surface area contributed by atoms with Crippen molar-refractivity contribution in [2.75, 3.05) is 14.2 Å². The van der Waals surface area contributed by atoms with E-state index in [1.54, 1.807) is 36.8 Å². The van der Waals surface area contributed by atoms with Gasteiger partial charge in [-0.05, 0) is 30.7 Å². The van der Waals surface area contributed by atoms with Gasteiger partial charge in [-0.1, -0.05) is 0 Å². The van der Waals surface area contributed by atoms with Crippen LogP contribution in [-0.4, -0.2) is 24.0 Å². The van der Waals surface area contributed by atoms with Crippen molar-refractivity contribution in [3.8, 4) is 17.2 Å². The summed E-state index contributed by atoms with van der Waals surface area (Å²) in [4.78, 5) is 23.0. The average molecular weight is 308 g/mol. The highest BCUT2D eigenvalue weighted by atomic mass is 35.5. The number of benzene rings is 1. The lowest BCUT2D eigenvalue weighted by molar-refractivity contribution is 0.108. The largest absolute Gasteiger partial charge is 0.493 e. The van der Waals surface area contributed by atoms with E-state index >= 15 is 0 Å². The van der Waals surface area contributed by atoms with Crippen molar-refractivity contribution in [2.45, 2.75) is 6.92 Å². The molecule has 1 aromatic heterocycles. The standard InChI is InChI=1S/C15H14ClNO4/c1-9-6-12(18)11(15(16)19)8-17(9)10-4-5-13(20-2)14(7-10)21-3/h4-8H,1-3H3. The van der Waals surface area contributed by atoms with Gasteiger partial charge in [0.05, 0.1) is 19.8 Å². The number of hydrogen-bond donors (Lipinski definition) is 0. The first kappa shape index (κ1) is 15.1. The van der Waals surface area contributed by atoms with Gasteiger partial charge >= 0.3 is 0 Å². The molecule has 110 valence electrons. The second-order valence-electron chi connectivity index (χ2n) is 4.38. The Kier molecular flexibility index (Phi) is 4.33. The Bertz CT molecular complexity index is 752. The number of methoxy groups -OCH3 is 2. The molecule has 1 aromatic carbocycles. The number of aryl methyl sites for hydroxylation is 1. The van der Waals surface area contributed by atoms with Gasteiger partial charge in [0.1, 0.15) is 0 Å². The third-order valence-corrected chi connectivity index (χ3v) is 3.30. The van der Waals surface area contributed by atoms with Crippen molar-refractivity contribution in [3.05, 3.63) is 51.9 Å². The number of rotatable bonds is 4. The van der Waals surface area contributed by atoms with E-state index < -0.39 is 10.7 Å². The van der Waals surface area contributed by atoms with Crippen LogP contribution in [0.5, 0.6) is 11.5 Å². The van der Waals surface area contributed by atoms with Crippen LogP contribution < -0.4 is 14.9 Å². The Balaban J connectivity index is 2.64. The van der Waals surface area contributed by atoms with Crippen molar-refractivity contribution >= 4 is 16.8 Å². The Morgan fingerprint density at radius 1 is 1.14 bits per heavy atom. The van der Waals surface area contributed by atoms with Crippen molar-refractivity contribution < 1.29 is 14.3 Å². The van der Waals surface area contributed by atoms with Gasteiger partial charge in [0, 0.05) is 29.7 Å². The molecular formula is C15H14ClNO4. The quantitative estimate of drug-likeness (QED) is 0.815. The zero-order chi connectivity index (χ0) is 15.6. The molecule has 0 radical (unpaired) electrons. The lowest BCUT2D eigenvalue weighted by atomic mass is 10.2. The van der Waals surface area contributed by atoms with Crippen LogP contribution in [0.4, 0.5) is 0 Å². The molecule has 0 atom stereocenters. The van der Waals surface area contributed by atoms with Crippen molar-refractivity contribution in [1.29, 1.82) is 0 Å². The molecule has 0 saturated carbocycles. The van der Waals surface area contributed by atoms with Crippen LogP contribution >= 0.6 is 11.6 Å². The average Bonchev–Trinajstić information content (AvgIpc) is 2.46. The SMILES string of the molecule is COc1ccc(-n2cc(C(=O)Cl)c(=O)cc2C)cc1OC. The fourth-order valence-electron chi connectivity index (χ4n) is 2.03. The number of ether oxygens (including phenoxy) is 2. The molecule has 5 nitrogen and oxygen atoms in total. The normalized spacial score (nSPS) is 10.3. The molecule has 2 rings (SSSR count). The minimum absolute atomic E-state index is 0.0722. The van der Waals surface area contributed by atoms with Crippen LogP contribution in [0, 0.1) is 6.92 Å². The first-order valence-electron chi connectivity index (χ1n) is 6.13. The molecule has 0 aliphatic rings. The number of pyridine rings is 1. The summed E-state index contributed by atoms with van der Waals surface area (Å²) in [5, 5.41) is -0.783. The molecule has 6 heteroatoms. The predicted molar refractivity (Wildman–Crippen MR) is 80.1 cm³/mol. The number of carbonyl (C=O) groups excluding carboxylic acids is 1. The molecule has 1 heterocycles. The highest BCUT2D eigenvalue weighted by Gasteiger charge is 2.12. The van der Waals surface area contributed by atoms with E-state index in [0.717, 1.165) is 5.69 Å². The predicted octanol–water partition coefficient (Wildman–Crippen LogP) is 2.54. The maximum Gasteiger partial charge on any atom is 0.257 e. The Morgan fingerprint density at radius 3 is 2.38 bits per heavy atom. The lowest BCUT2D eigenvalue weighted by Gasteiger charge is -2.14. The van der Waals surface area contributed by atoms with Crippen LogP contribution in [0.1, 0.15) is 16.1 Å². The maximum absolute atomic E-state index is 11.7. The number of carbonyl (C=O) groups is 1. The number of aromatic nitrogens is 1. The maximum atomic E-state index is 11.7. The third kappa shape index (κ3) is 2.92. The van der Waals surface area contributed by atoms with Crippen molar-refractivity contribution in [3.63, 3.8) is 0 Å². The molecule has 0 N–H and O–H groups in total. The van der Waals surface area contributed by atoms with E-state index in [9.17, 15) is 9.59 Å². The molecule has 0 saturated heterocycles. The lowest BCUT2D eigenvalue weighted by Crippen LogP contribution is -2.16. The summed E-state index contributed by atoms with van der Waals surface area (Å²) in [5.74, 6) is 1.14. The molecule has 0 spiro atoms. The van der Waals surface area contributed by atoms with Gasteiger partial charge in [0.25, 0.3) is 5.24 Å². The Morgan fingerprint density at radius 2 is 1.81 bits per heavy atom. The molecule has 0 bridgehead atoms. The van der Waals surface area contributed by atoms with Crippen molar-refractivity contribution in [2.24, 2.45) is 0 Å². The van der Waals surface area contributed by atoms with Crippen LogP contribution in [0.15, 0.2) is 35.3 Å². The molecule has 21 heavy (non-hydrogen) atoms. The fourth-order valence-corrected chi connectivity index (χ4v) is 2.17. The first-order valence-corrected chi connectivity index (χ1v) is 6.51. The summed E-state index contributed by atoms with van der Waals surface area (Å²) < 4.78 is 12.1. The second kappa shape index (κ2) is 6.01. The summed E-state index contributed by atoms with van der Waals surface area (Å²) >= 11 is 5.43. The minimum atomic E-state index is -0.783. The van der Waals surface area contributed by atoms with Gasteiger partial charge in [0.2, 0.25) is 0 Å². The third-order valence-electron chi connectivity index (χ3n) is 3.10. The molecule has 0 fully saturated rings. The van der Waals surface area contributed by atoms with Gasteiger partial charge in [-0.3, -0.25) is 9.59 Å². The van der Waals surface area contributed by atoms with E-state index in [1.165, 1.54) is 19.4 Å². The van der Waals surface area contributed by atoms with Crippen LogP contribution in [0.3, 0.4) is 0 Å². The van der Waals surface area contributed by atoms with E-state index in [0.29, 0.717) is 17.2 Å². The number of halogens is 1. The zero-order valence-electron chi connectivity index (χ0n) is 11.8.